The average Bonchev–Trinajstić information content (AvgIpc) is 2.53. The first-order valence-electron chi connectivity index (χ1n) is 6.60. The fourth-order valence-electron chi connectivity index (χ4n) is 1.84. The summed E-state index contributed by atoms with van der Waals surface area (Å²) in [5.74, 6) is 0.635. The maximum Gasteiger partial charge on any atom is 0.339 e. The molecule has 0 heterocycles. The number of carbonyl (C=O) groups excluding carboxylic acids is 1. The zero-order valence-electron chi connectivity index (χ0n) is 12.3. The van der Waals surface area contributed by atoms with E-state index in [9.17, 15) is 4.79 Å². The van der Waals surface area contributed by atoms with E-state index in [1.165, 1.54) is 0 Å². The number of hydrazone groups is 1. The van der Waals surface area contributed by atoms with Crippen LogP contribution in [0.3, 0.4) is 0 Å². The van der Waals surface area contributed by atoms with Crippen molar-refractivity contribution in [1.29, 1.82) is 0 Å². The number of hydrogen-bond acceptors (Lipinski definition) is 3. The minimum atomic E-state index is -0.424. The molecule has 2 rings (SSSR count). The topological polar surface area (TPSA) is 62.7 Å². The number of nitrogens with zero attached hydrogens (tertiary/aromatic N) is 1. The molecule has 0 bridgehead atoms. The summed E-state index contributed by atoms with van der Waals surface area (Å²) in [7, 11) is 1.57. The number of nitrogens with one attached hydrogen (secondary N) is 2. The first-order valence-corrected chi connectivity index (χ1v) is 6.98. The number of benzene rings is 2. The van der Waals surface area contributed by atoms with Crippen molar-refractivity contribution in [3.05, 3.63) is 59.1 Å². The normalized spacial score (nSPS) is 11.0. The Labute approximate surface area is 133 Å². The van der Waals surface area contributed by atoms with Crippen molar-refractivity contribution in [2.75, 3.05) is 12.4 Å². The van der Waals surface area contributed by atoms with Crippen LogP contribution in [-0.2, 0) is 0 Å². The summed E-state index contributed by atoms with van der Waals surface area (Å²) in [6, 6.07) is 13.9. The minimum absolute atomic E-state index is 0.424. The molecule has 6 heteroatoms. The molecule has 0 aliphatic heterocycles. The van der Waals surface area contributed by atoms with Crippen molar-refractivity contribution in [3.8, 4) is 5.75 Å². The Balaban J connectivity index is 2.06. The molecule has 0 aliphatic carbocycles. The quantitative estimate of drug-likeness (QED) is 0.663. The van der Waals surface area contributed by atoms with Crippen molar-refractivity contribution in [3.63, 3.8) is 0 Å². The van der Waals surface area contributed by atoms with Crippen molar-refractivity contribution in [1.82, 2.24) is 5.43 Å². The second kappa shape index (κ2) is 7.47. The predicted octanol–water partition coefficient (Wildman–Crippen LogP) is 3.89. The SMILES string of the molecule is COc1ccc(Cl)cc1/C(C)=N\NC(=O)Nc1ccccc1. The lowest BCUT2D eigenvalue weighted by molar-refractivity contribution is 0.252. The number of amides is 2. The van der Waals surface area contributed by atoms with Gasteiger partial charge in [0.1, 0.15) is 5.75 Å². The van der Waals surface area contributed by atoms with Crippen LogP contribution in [0.1, 0.15) is 12.5 Å². The number of methoxy groups -OCH3 is 1. The van der Waals surface area contributed by atoms with E-state index in [1.54, 1.807) is 44.4 Å². The van der Waals surface area contributed by atoms with Gasteiger partial charge in [-0.05, 0) is 37.3 Å². The number of urea groups is 1. The molecule has 0 fully saturated rings. The summed E-state index contributed by atoms with van der Waals surface area (Å²) in [4.78, 5) is 11.8. The van der Waals surface area contributed by atoms with Gasteiger partial charge in [-0.25, -0.2) is 10.2 Å². The molecule has 5 nitrogen and oxygen atoms in total. The van der Waals surface area contributed by atoms with Gasteiger partial charge in [0.2, 0.25) is 0 Å². The molecule has 2 aromatic carbocycles. The van der Waals surface area contributed by atoms with E-state index in [2.05, 4.69) is 15.8 Å². The first-order chi connectivity index (χ1) is 10.6. The molecular weight excluding hydrogens is 302 g/mol. The Hall–Kier alpha value is -2.53. The fourth-order valence-corrected chi connectivity index (χ4v) is 2.01. The molecule has 0 aliphatic rings. The highest BCUT2D eigenvalue weighted by Crippen LogP contribution is 2.23. The largest absolute Gasteiger partial charge is 0.496 e. The summed E-state index contributed by atoms with van der Waals surface area (Å²) >= 11 is 5.98. The van der Waals surface area contributed by atoms with E-state index >= 15 is 0 Å². The van der Waals surface area contributed by atoms with Gasteiger partial charge in [-0.2, -0.15) is 5.10 Å². The number of para-hydroxylation sites is 1. The average molecular weight is 318 g/mol. The number of ether oxygens (including phenoxy) is 1. The molecule has 0 saturated heterocycles. The number of anilines is 1. The Morgan fingerprint density at radius 1 is 1.18 bits per heavy atom. The van der Waals surface area contributed by atoms with Crippen LogP contribution in [-0.4, -0.2) is 18.9 Å². The molecule has 2 amide bonds. The predicted molar refractivity (Wildman–Crippen MR) is 88.8 cm³/mol. The van der Waals surface area contributed by atoms with Crippen LogP contribution in [0.4, 0.5) is 10.5 Å². The van der Waals surface area contributed by atoms with Gasteiger partial charge in [0.25, 0.3) is 0 Å². The smallest absolute Gasteiger partial charge is 0.339 e. The second-order valence-electron chi connectivity index (χ2n) is 4.47. The fraction of sp³-hybridized carbons (Fsp3) is 0.125. The van der Waals surface area contributed by atoms with Gasteiger partial charge in [0.15, 0.2) is 0 Å². The minimum Gasteiger partial charge on any atom is -0.496 e. The molecule has 0 radical (unpaired) electrons. The maximum atomic E-state index is 11.8. The molecule has 0 saturated carbocycles. The van der Waals surface area contributed by atoms with E-state index in [-0.39, 0.29) is 0 Å². The molecule has 114 valence electrons. The third-order valence-electron chi connectivity index (χ3n) is 2.91. The maximum absolute atomic E-state index is 11.8. The molecule has 22 heavy (non-hydrogen) atoms. The summed E-state index contributed by atoms with van der Waals surface area (Å²) in [5.41, 5.74) is 4.43. The molecular formula is C16H16ClN3O2. The zero-order valence-corrected chi connectivity index (χ0v) is 13.0. The van der Waals surface area contributed by atoms with Gasteiger partial charge >= 0.3 is 6.03 Å². The summed E-state index contributed by atoms with van der Waals surface area (Å²) in [6.07, 6.45) is 0. The lowest BCUT2D eigenvalue weighted by atomic mass is 10.1. The summed E-state index contributed by atoms with van der Waals surface area (Å²) in [6.45, 7) is 1.76. The third kappa shape index (κ3) is 4.23. The summed E-state index contributed by atoms with van der Waals surface area (Å²) < 4.78 is 5.26. The zero-order chi connectivity index (χ0) is 15.9. The Bertz CT molecular complexity index is 687. The van der Waals surface area contributed by atoms with Gasteiger partial charge in [0, 0.05) is 16.3 Å². The Morgan fingerprint density at radius 2 is 1.91 bits per heavy atom. The van der Waals surface area contributed by atoms with Crippen LogP contribution in [0.2, 0.25) is 5.02 Å². The van der Waals surface area contributed by atoms with Gasteiger partial charge < -0.3 is 10.1 Å². The monoisotopic (exact) mass is 317 g/mol. The van der Waals surface area contributed by atoms with E-state index in [0.29, 0.717) is 22.2 Å². The van der Waals surface area contributed by atoms with Gasteiger partial charge in [0.05, 0.1) is 12.8 Å². The first kappa shape index (κ1) is 15.9. The van der Waals surface area contributed by atoms with Crippen LogP contribution in [0.15, 0.2) is 53.6 Å². The highest BCUT2D eigenvalue weighted by molar-refractivity contribution is 6.31. The molecule has 0 unspecified atom stereocenters. The molecule has 2 aromatic rings. The molecule has 0 spiro atoms. The van der Waals surface area contributed by atoms with Crippen LogP contribution >= 0.6 is 11.6 Å². The Kier molecular flexibility index (Phi) is 5.38. The number of carbonyl (C=O) groups is 1. The van der Waals surface area contributed by atoms with Crippen LogP contribution in [0, 0.1) is 0 Å². The second-order valence-corrected chi connectivity index (χ2v) is 4.91. The van der Waals surface area contributed by atoms with Crippen molar-refractivity contribution < 1.29 is 9.53 Å². The number of hydrogen-bond donors (Lipinski definition) is 2. The van der Waals surface area contributed by atoms with Crippen LogP contribution < -0.4 is 15.5 Å². The third-order valence-corrected chi connectivity index (χ3v) is 3.14. The van der Waals surface area contributed by atoms with Crippen molar-refractivity contribution in [2.45, 2.75) is 6.92 Å². The lowest BCUT2D eigenvalue weighted by Crippen LogP contribution is -2.25. The highest BCUT2D eigenvalue weighted by Gasteiger charge is 2.08. The molecule has 0 atom stereocenters. The van der Waals surface area contributed by atoms with E-state index < -0.39 is 6.03 Å². The molecule has 0 aromatic heterocycles. The van der Waals surface area contributed by atoms with Crippen molar-refractivity contribution in [2.24, 2.45) is 5.10 Å². The number of rotatable bonds is 4. The van der Waals surface area contributed by atoms with Gasteiger partial charge in [-0.1, -0.05) is 29.8 Å². The molecule has 2 N–H and O–H groups in total. The van der Waals surface area contributed by atoms with E-state index in [1.807, 2.05) is 18.2 Å². The van der Waals surface area contributed by atoms with Crippen molar-refractivity contribution >= 4 is 29.0 Å². The van der Waals surface area contributed by atoms with Gasteiger partial charge in [-0.3, -0.25) is 0 Å². The van der Waals surface area contributed by atoms with Gasteiger partial charge in [-0.15, -0.1) is 0 Å². The Morgan fingerprint density at radius 3 is 2.59 bits per heavy atom. The lowest BCUT2D eigenvalue weighted by Gasteiger charge is -2.09. The van der Waals surface area contributed by atoms with E-state index in [0.717, 1.165) is 5.56 Å². The number of halogens is 1. The van der Waals surface area contributed by atoms with E-state index in [4.69, 9.17) is 16.3 Å². The highest BCUT2D eigenvalue weighted by atomic mass is 35.5. The summed E-state index contributed by atoms with van der Waals surface area (Å²) in [5, 5.41) is 7.30. The van der Waals surface area contributed by atoms with Crippen LogP contribution in [0.25, 0.3) is 0 Å². The standard InChI is InChI=1S/C16H16ClN3O2/c1-11(14-10-12(17)8-9-15(14)22-2)19-20-16(21)18-13-6-4-3-5-7-13/h3-10H,1-2H3,(H2,18,20,21)/b19-11-. The van der Waals surface area contributed by atoms with Crippen LogP contribution in [0.5, 0.6) is 5.75 Å².